The molecule has 1 nitrogen and oxygen atoms in total. The van der Waals surface area contributed by atoms with Gasteiger partial charge in [-0.15, -0.1) is 0 Å². The molecule has 0 saturated heterocycles. The fraction of sp³-hybridized carbons (Fsp3) is 0.625. The maximum Gasteiger partial charge on any atom is 0.0408 e. The summed E-state index contributed by atoms with van der Waals surface area (Å²) >= 11 is 0. The van der Waals surface area contributed by atoms with Gasteiger partial charge in [0, 0.05) is 12.2 Å². The van der Waals surface area contributed by atoms with E-state index in [-0.39, 0.29) is 0 Å². The van der Waals surface area contributed by atoms with E-state index in [9.17, 15) is 0 Å². The van der Waals surface area contributed by atoms with Crippen LogP contribution in [0.5, 0.6) is 0 Å². The SMILES string of the molecule is c1cc2c(c(C3CCCCCC3)c1)NCCC2. The molecule has 0 aromatic heterocycles. The Morgan fingerprint density at radius 3 is 2.59 bits per heavy atom. The van der Waals surface area contributed by atoms with Gasteiger partial charge in [0.15, 0.2) is 0 Å². The highest BCUT2D eigenvalue weighted by Gasteiger charge is 2.20. The molecule has 92 valence electrons. The summed E-state index contributed by atoms with van der Waals surface area (Å²) in [7, 11) is 0. The lowest BCUT2D eigenvalue weighted by molar-refractivity contribution is 0.591. The van der Waals surface area contributed by atoms with E-state index < -0.39 is 0 Å². The molecule has 1 N–H and O–H groups in total. The molecule has 1 heterocycles. The molecule has 17 heavy (non-hydrogen) atoms. The summed E-state index contributed by atoms with van der Waals surface area (Å²) in [6.07, 6.45) is 11.1. The van der Waals surface area contributed by atoms with Crippen molar-refractivity contribution in [3.63, 3.8) is 0 Å². The molecule has 1 saturated carbocycles. The van der Waals surface area contributed by atoms with Crippen molar-refractivity contribution < 1.29 is 0 Å². The predicted octanol–water partition coefficient (Wildman–Crippen LogP) is 4.48. The van der Waals surface area contributed by atoms with Crippen LogP contribution in [-0.4, -0.2) is 6.54 Å². The normalized spacial score (nSPS) is 21.4. The summed E-state index contributed by atoms with van der Waals surface area (Å²) in [6, 6.07) is 6.95. The smallest absolute Gasteiger partial charge is 0.0408 e. The number of nitrogens with one attached hydrogen (secondary N) is 1. The van der Waals surface area contributed by atoms with Gasteiger partial charge in [-0.1, -0.05) is 43.9 Å². The van der Waals surface area contributed by atoms with Crippen molar-refractivity contribution in [3.8, 4) is 0 Å². The van der Waals surface area contributed by atoms with Crippen LogP contribution in [0, 0.1) is 0 Å². The summed E-state index contributed by atoms with van der Waals surface area (Å²) in [5.41, 5.74) is 4.66. The Hall–Kier alpha value is -0.980. The Kier molecular flexibility index (Phi) is 3.35. The lowest BCUT2D eigenvalue weighted by atomic mass is 9.87. The summed E-state index contributed by atoms with van der Waals surface area (Å²) in [4.78, 5) is 0. The zero-order valence-electron chi connectivity index (χ0n) is 10.7. The van der Waals surface area contributed by atoms with E-state index in [2.05, 4.69) is 23.5 Å². The number of anilines is 1. The lowest BCUT2D eigenvalue weighted by Gasteiger charge is -2.25. The highest BCUT2D eigenvalue weighted by molar-refractivity contribution is 5.60. The number of hydrogen-bond acceptors (Lipinski definition) is 1. The molecule has 1 aromatic rings. The van der Waals surface area contributed by atoms with Crippen LogP contribution < -0.4 is 5.32 Å². The maximum absolute atomic E-state index is 3.65. The van der Waals surface area contributed by atoms with Gasteiger partial charge in [-0.2, -0.15) is 0 Å². The highest BCUT2D eigenvalue weighted by atomic mass is 14.9. The first kappa shape index (κ1) is 11.1. The van der Waals surface area contributed by atoms with Crippen LogP contribution in [-0.2, 0) is 6.42 Å². The summed E-state index contributed by atoms with van der Waals surface area (Å²) < 4.78 is 0. The van der Waals surface area contributed by atoms with Crippen LogP contribution in [0.1, 0.15) is 62.0 Å². The second kappa shape index (κ2) is 5.12. The highest BCUT2D eigenvalue weighted by Crippen LogP contribution is 2.38. The van der Waals surface area contributed by atoms with Gasteiger partial charge in [-0.05, 0) is 42.7 Å². The quantitative estimate of drug-likeness (QED) is 0.700. The molecule has 0 amide bonds. The topological polar surface area (TPSA) is 12.0 Å². The van der Waals surface area contributed by atoms with Gasteiger partial charge in [-0.25, -0.2) is 0 Å². The molecule has 1 aromatic carbocycles. The minimum atomic E-state index is 0.818. The van der Waals surface area contributed by atoms with Gasteiger partial charge in [0.25, 0.3) is 0 Å². The minimum absolute atomic E-state index is 0.818. The number of hydrogen-bond donors (Lipinski definition) is 1. The van der Waals surface area contributed by atoms with Crippen LogP contribution in [0.3, 0.4) is 0 Å². The molecule has 1 aliphatic heterocycles. The fourth-order valence-electron chi connectivity index (χ4n) is 3.47. The summed E-state index contributed by atoms with van der Waals surface area (Å²) in [5, 5.41) is 3.65. The molecule has 1 fully saturated rings. The zero-order valence-corrected chi connectivity index (χ0v) is 10.7. The third-order valence-corrected chi connectivity index (χ3v) is 4.40. The summed E-state index contributed by atoms with van der Waals surface area (Å²) in [6.45, 7) is 1.16. The Morgan fingerprint density at radius 2 is 1.76 bits per heavy atom. The molecule has 0 atom stereocenters. The molecule has 1 heteroatoms. The van der Waals surface area contributed by atoms with Gasteiger partial charge in [-0.3, -0.25) is 0 Å². The molecular weight excluding hydrogens is 206 g/mol. The molecule has 0 radical (unpaired) electrons. The Morgan fingerprint density at radius 1 is 0.941 bits per heavy atom. The number of fused-ring (bicyclic) bond motifs is 1. The molecule has 2 aliphatic rings. The van der Waals surface area contributed by atoms with Crippen LogP contribution in [0.15, 0.2) is 18.2 Å². The second-order valence-electron chi connectivity index (χ2n) is 5.60. The Bertz CT molecular complexity index is 375. The molecule has 1 aliphatic carbocycles. The summed E-state index contributed by atoms with van der Waals surface area (Å²) in [5.74, 6) is 0.818. The molecule has 0 bridgehead atoms. The first-order valence-corrected chi connectivity index (χ1v) is 7.31. The van der Waals surface area contributed by atoms with E-state index in [1.54, 1.807) is 11.1 Å². The van der Waals surface area contributed by atoms with Crippen LogP contribution in [0.2, 0.25) is 0 Å². The average Bonchev–Trinajstić information content (AvgIpc) is 2.67. The zero-order chi connectivity index (χ0) is 11.5. The molecule has 3 rings (SSSR count). The third kappa shape index (κ3) is 2.34. The average molecular weight is 229 g/mol. The molecular formula is C16H23N. The van der Waals surface area contributed by atoms with E-state index in [0.717, 1.165) is 12.5 Å². The second-order valence-corrected chi connectivity index (χ2v) is 5.60. The van der Waals surface area contributed by atoms with Crippen molar-refractivity contribution in [2.45, 2.75) is 57.3 Å². The van der Waals surface area contributed by atoms with E-state index in [0.29, 0.717) is 0 Å². The van der Waals surface area contributed by atoms with Crippen molar-refractivity contribution in [2.24, 2.45) is 0 Å². The van der Waals surface area contributed by atoms with Gasteiger partial charge >= 0.3 is 0 Å². The van der Waals surface area contributed by atoms with Crippen molar-refractivity contribution in [1.29, 1.82) is 0 Å². The van der Waals surface area contributed by atoms with Crippen molar-refractivity contribution in [1.82, 2.24) is 0 Å². The Labute approximate surface area is 105 Å². The van der Waals surface area contributed by atoms with E-state index in [4.69, 9.17) is 0 Å². The number of aryl methyl sites for hydroxylation is 1. The fourth-order valence-corrected chi connectivity index (χ4v) is 3.47. The van der Waals surface area contributed by atoms with Gasteiger partial charge < -0.3 is 5.32 Å². The van der Waals surface area contributed by atoms with E-state index in [1.165, 1.54) is 57.1 Å². The molecule has 0 unspecified atom stereocenters. The monoisotopic (exact) mass is 229 g/mol. The van der Waals surface area contributed by atoms with Crippen molar-refractivity contribution >= 4 is 5.69 Å². The van der Waals surface area contributed by atoms with Gasteiger partial charge in [0.1, 0.15) is 0 Å². The van der Waals surface area contributed by atoms with Gasteiger partial charge in [0.2, 0.25) is 0 Å². The molecule has 0 spiro atoms. The van der Waals surface area contributed by atoms with Crippen molar-refractivity contribution in [2.75, 3.05) is 11.9 Å². The minimum Gasteiger partial charge on any atom is -0.385 e. The number of rotatable bonds is 1. The van der Waals surface area contributed by atoms with Gasteiger partial charge in [0.05, 0.1) is 0 Å². The Balaban J connectivity index is 1.90. The van der Waals surface area contributed by atoms with Crippen LogP contribution in [0.4, 0.5) is 5.69 Å². The first-order valence-electron chi connectivity index (χ1n) is 7.31. The van der Waals surface area contributed by atoms with E-state index >= 15 is 0 Å². The number of benzene rings is 1. The van der Waals surface area contributed by atoms with Crippen LogP contribution in [0.25, 0.3) is 0 Å². The van der Waals surface area contributed by atoms with E-state index in [1.807, 2.05) is 0 Å². The lowest BCUT2D eigenvalue weighted by Crippen LogP contribution is -2.15. The first-order chi connectivity index (χ1) is 8.45. The van der Waals surface area contributed by atoms with Crippen molar-refractivity contribution in [3.05, 3.63) is 29.3 Å². The predicted molar refractivity (Wildman–Crippen MR) is 73.7 cm³/mol. The maximum atomic E-state index is 3.65. The largest absolute Gasteiger partial charge is 0.385 e. The third-order valence-electron chi connectivity index (χ3n) is 4.40. The standard InChI is InChI=1S/C16H23N/c1-2-4-8-13(7-3-1)15-11-5-9-14-10-6-12-17-16(14)15/h5,9,11,13,17H,1-4,6-8,10,12H2. The van der Waals surface area contributed by atoms with Crippen LogP contribution >= 0.6 is 0 Å². The number of para-hydroxylation sites is 1.